The fourth-order valence-electron chi connectivity index (χ4n) is 8.97. The SMILES string of the molecule is C/C=C/C[C@H]1O[C@@H](COCc2ccccc2)[C@H](OCc2ccccc2)C[C@H](C)C[C@@H]1OC(=O)[C@@H](C)[C@@H](OCc1ccccc1)[C@@H]1O[C@]2(CCCO2)[C@@H](C)[C@H](C)[C@H]1OCOC. The number of allylic oxidation sites excluding steroid dienone is 1. The van der Waals surface area contributed by atoms with Crippen molar-refractivity contribution in [2.45, 2.75) is 135 Å². The Morgan fingerprint density at radius 3 is 2.08 bits per heavy atom. The van der Waals surface area contributed by atoms with Crippen LogP contribution in [-0.2, 0) is 67.2 Å². The van der Waals surface area contributed by atoms with Crippen LogP contribution >= 0.6 is 0 Å². The minimum absolute atomic E-state index is 0.0196. The van der Waals surface area contributed by atoms with Crippen molar-refractivity contribution in [2.75, 3.05) is 27.1 Å². The maximum atomic E-state index is 14.8. The lowest BCUT2D eigenvalue weighted by atomic mass is 9.76. The van der Waals surface area contributed by atoms with Crippen molar-refractivity contribution in [3.63, 3.8) is 0 Å². The molecule has 10 heteroatoms. The smallest absolute Gasteiger partial charge is 0.311 e. The van der Waals surface area contributed by atoms with Crippen molar-refractivity contribution in [3.05, 3.63) is 120 Å². The standard InChI is InChI=1S/C50H68O10/c1-7-8-25-42-44(29-35(2)28-43(54-31-40-21-14-10-15-22-40)45(58-42)33-53-30-39-19-12-9-13-20-39)59-49(51)37(4)47(55-32-41-23-16-11-17-24-41)48-46(56-34-52-6)36(3)38(5)50(60-48)26-18-27-57-50/h7-17,19-24,35-38,42-48H,18,25-34H2,1-6H3/b8-7+/t35-,36-,37-,38-,42+,43+,44-,45-,46+,47+,48+,50+/m0/s1. The Kier molecular flexibility index (Phi) is 17.8. The van der Waals surface area contributed by atoms with Crippen molar-refractivity contribution >= 4 is 5.97 Å². The fraction of sp³-hybridized carbons (Fsp3) is 0.580. The van der Waals surface area contributed by atoms with Crippen LogP contribution < -0.4 is 0 Å². The molecule has 3 heterocycles. The van der Waals surface area contributed by atoms with E-state index in [1.54, 1.807) is 7.11 Å². The maximum absolute atomic E-state index is 14.8. The molecule has 0 aliphatic carbocycles. The van der Waals surface area contributed by atoms with Gasteiger partial charge in [0.05, 0.1) is 63.4 Å². The second-order valence-corrected chi connectivity index (χ2v) is 17.0. The Hall–Kier alpha value is -3.45. The largest absolute Gasteiger partial charge is 0.459 e. The van der Waals surface area contributed by atoms with Crippen LogP contribution in [0.1, 0.15) is 83.4 Å². The lowest BCUT2D eigenvalue weighted by Crippen LogP contribution is -2.62. The summed E-state index contributed by atoms with van der Waals surface area (Å²) in [6.07, 6.45) is 4.17. The molecule has 0 saturated carbocycles. The molecule has 6 rings (SSSR count). The number of rotatable bonds is 19. The maximum Gasteiger partial charge on any atom is 0.311 e. The van der Waals surface area contributed by atoms with Gasteiger partial charge in [-0.15, -0.1) is 0 Å². The van der Waals surface area contributed by atoms with Crippen LogP contribution in [-0.4, -0.2) is 81.6 Å². The molecule has 3 fully saturated rings. The first-order valence-corrected chi connectivity index (χ1v) is 22.0. The van der Waals surface area contributed by atoms with Gasteiger partial charge in [0.25, 0.3) is 0 Å². The summed E-state index contributed by atoms with van der Waals surface area (Å²) in [7, 11) is 1.61. The summed E-state index contributed by atoms with van der Waals surface area (Å²) in [5.74, 6) is -1.70. The number of carbonyl (C=O) groups excluding carboxylic acids is 1. The van der Waals surface area contributed by atoms with Crippen LogP contribution in [0.4, 0.5) is 0 Å². The predicted octanol–water partition coefficient (Wildman–Crippen LogP) is 9.24. The van der Waals surface area contributed by atoms with Gasteiger partial charge in [0.15, 0.2) is 5.79 Å². The number of benzene rings is 3. The zero-order chi connectivity index (χ0) is 42.3. The molecule has 0 N–H and O–H groups in total. The lowest BCUT2D eigenvalue weighted by Gasteiger charge is -2.52. The first-order valence-electron chi connectivity index (χ1n) is 22.0. The van der Waals surface area contributed by atoms with Crippen LogP contribution in [0.5, 0.6) is 0 Å². The van der Waals surface area contributed by atoms with E-state index >= 15 is 0 Å². The average molecular weight is 829 g/mol. The zero-order valence-corrected chi connectivity index (χ0v) is 36.5. The summed E-state index contributed by atoms with van der Waals surface area (Å²) in [5, 5.41) is 0. The van der Waals surface area contributed by atoms with E-state index in [9.17, 15) is 4.79 Å². The van der Waals surface area contributed by atoms with Gasteiger partial charge in [-0.3, -0.25) is 4.79 Å². The molecule has 0 radical (unpaired) electrons. The van der Waals surface area contributed by atoms with E-state index in [0.717, 1.165) is 29.5 Å². The van der Waals surface area contributed by atoms with Gasteiger partial charge in [0.1, 0.15) is 25.1 Å². The molecule has 12 atom stereocenters. The number of esters is 1. The second-order valence-electron chi connectivity index (χ2n) is 17.0. The third-order valence-corrected chi connectivity index (χ3v) is 12.5. The number of methoxy groups -OCH3 is 1. The van der Waals surface area contributed by atoms with E-state index in [2.05, 4.69) is 51.1 Å². The molecule has 3 aliphatic heterocycles. The van der Waals surface area contributed by atoms with Gasteiger partial charge in [0.2, 0.25) is 0 Å². The molecule has 3 aromatic carbocycles. The van der Waals surface area contributed by atoms with Gasteiger partial charge in [-0.25, -0.2) is 0 Å². The molecule has 0 aromatic heterocycles. The van der Waals surface area contributed by atoms with Crippen LogP contribution in [0, 0.1) is 23.7 Å². The Bertz CT molecular complexity index is 1700. The Labute approximate surface area is 358 Å². The molecular formula is C50H68O10. The highest BCUT2D eigenvalue weighted by atomic mass is 16.7. The van der Waals surface area contributed by atoms with Gasteiger partial charge in [-0.05, 0) is 68.1 Å². The zero-order valence-electron chi connectivity index (χ0n) is 36.5. The van der Waals surface area contributed by atoms with Gasteiger partial charge in [-0.1, -0.05) is 124 Å². The first kappa shape index (κ1) is 46.1. The van der Waals surface area contributed by atoms with Gasteiger partial charge in [-0.2, -0.15) is 0 Å². The molecule has 328 valence electrons. The minimum atomic E-state index is -0.799. The summed E-state index contributed by atoms with van der Waals surface area (Å²) in [4.78, 5) is 14.8. The molecule has 60 heavy (non-hydrogen) atoms. The molecule has 10 nitrogen and oxygen atoms in total. The Balaban J connectivity index is 1.25. The van der Waals surface area contributed by atoms with Gasteiger partial charge in [0, 0.05) is 19.4 Å². The third-order valence-electron chi connectivity index (χ3n) is 12.5. The molecule has 1 spiro atoms. The fourth-order valence-corrected chi connectivity index (χ4v) is 8.97. The summed E-state index contributed by atoms with van der Waals surface area (Å²) in [5.41, 5.74) is 3.16. The molecule has 0 bridgehead atoms. The predicted molar refractivity (Wildman–Crippen MR) is 230 cm³/mol. The Morgan fingerprint density at radius 1 is 0.833 bits per heavy atom. The number of hydrogen-bond acceptors (Lipinski definition) is 10. The number of hydrogen-bond donors (Lipinski definition) is 0. The van der Waals surface area contributed by atoms with E-state index in [1.807, 2.05) is 86.7 Å². The van der Waals surface area contributed by atoms with E-state index in [-0.39, 0.29) is 43.2 Å². The summed E-state index contributed by atoms with van der Waals surface area (Å²) >= 11 is 0. The topological polar surface area (TPSA) is 100 Å². The normalized spacial score (nSPS) is 30.8. The molecule has 0 amide bonds. The van der Waals surface area contributed by atoms with Crippen molar-refractivity contribution in [1.29, 1.82) is 0 Å². The quantitative estimate of drug-likeness (QED) is 0.0661. The number of ether oxygens (including phenoxy) is 9. The van der Waals surface area contributed by atoms with Crippen molar-refractivity contribution in [3.8, 4) is 0 Å². The van der Waals surface area contributed by atoms with Crippen LogP contribution in [0.25, 0.3) is 0 Å². The van der Waals surface area contributed by atoms with Crippen molar-refractivity contribution in [2.24, 2.45) is 23.7 Å². The van der Waals surface area contributed by atoms with E-state index in [4.69, 9.17) is 42.6 Å². The van der Waals surface area contributed by atoms with E-state index < -0.39 is 48.3 Å². The number of carbonyl (C=O) groups is 1. The summed E-state index contributed by atoms with van der Waals surface area (Å²) in [6, 6.07) is 30.3. The highest BCUT2D eigenvalue weighted by Crippen LogP contribution is 2.47. The van der Waals surface area contributed by atoms with Crippen molar-refractivity contribution < 1.29 is 47.4 Å². The second kappa shape index (κ2) is 23.1. The highest BCUT2D eigenvalue weighted by Gasteiger charge is 2.57. The van der Waals surface area contributed by atoms with Gasteiger partial charge >= 0.3 is 5.97 Å². The third kappa shape index (κ3) is 12.3. The molecule has 3 aliphatic rings. The minimum Gasteiger partial charge on any atom is -0.459 e. The lowest BCUT2D eigenvalue weighted by molar-refractivity contribution is -0.347. The van der Waals surface area contributed by atoms with Crippen LogP contribution in [0.15, 0.2) is 103 Å². The van der Waals surface area contributed by atoms with Gasteiger partial charge < -0.3 is 42.6 Å². The summed E-state index contributed by atoms with van der Waals surface area (Å²) < 4.78 is 58.7. The molecule has 3 saturated heterocycles. The van der Waals surface area contributed by atoms with Crippen molar-refractivity contribution in [1.82, 2.24) is 0 Å². The highest BCUT2D eigenvalue weighted by molar-refractivity contribution is 5.73. The molecule has 3 aromatic rings. The molecule has 0 unspecified atom stereocenters. The van der Waals surface area contributed by atoms with Crippen LogP contribution in [0.3, 0.4) is 0 Å². The van der Waals surface area contributed by atoms with E-state index in [1.165, 1.54) is 0 Å². The first-order chi connectivity index (χ1) is 29.2. The Morgan fingerprint density at radius 2 is 1.47 bits per heavy atom. The van der Waals surface area contributed by atoms with Crippen LogP contribution in [0.2, 0.25) is 0 Å². The summed E-state index contributed by atoms with van der Waals surface area (Å²) in [6.45, 7) is 12.6. The molecular weight excluding hydrogens is 761 g/mol. The average Bonchev–Trinajstić information content (AvgIpc) is 3.74. The monoisotopic (exact) mass is 828 g/mol. The van der Waals surface area contributed by atoms with E-state index in [0.29, 0.717) is 45.7 Å².